The highest BCUT2D eigenvalue weighted by Gasteiger charge is 2.38. The van der Waals surface area contributed by atoms with Gasteiger partial charge in [-0.05, 0) is 29.8 Å². The molecule has 6 N–H and O–H groups in total. The maximum atomic E-state index is 12.6. The van der Waals surface area contributed by atoms with Gasteiger partial charge in [0.1, 0.15) is 17.3 Å². The molecule has 0 saturated carbocycles. The topological polar surface area (TPSA) is 140 Å². The van der Waals surface area contributed by atoms with E-state index in [-0.39, 0.29) is 18.2 Å². The van der Waals surface area contributed by atoms with Gasteiger partial charge in [-0.2, -0.15) is 13.2 Å². The first kappa shape index (κ1) is 24.5. The van der Waals surface area contributed by atoms with Crippen LogP contribution in [0.1, 0.15) is 11.5 Å². The van der Waals surface area contributed by atoms with E-state index in [1.807, 2.05) is 54.6 Å². The van der Waals surface area contributed by atoms with Crippen molar-refractivity contribution in [1.82, 2.24) is 5.32 Å². The number of ether oxygens (including phenoxy) is 1. The molecule has 0 spiro atoms. The molecule has 1 atom stereocenters. The summed E-state index contributed by atoms with van der Waals surface area (Å²) in [4.78, 5) is 25.9. The Hall–Kier alpha value is -4.12. The third-order valence-electron chi connectivity index (χ3n) is 4.93. The van der Waals surface area contributed by atoms with Gasteiger partial charge in [-0.3, -0.25) is 4.79 Å². The van der Waals surface area contributed by atoms with E-state index < -0.39 is 12.1 Å². The number of nitrogens with zero attached hydrogens (tertiary/aromatic N) is 1. The minimum absolute atomic E-state index is 0.00577. The number of Topliss-reactive ketones (excluding diaryl/α,β-unsaturated/α-hetero) is 1. The molecule has 4 rings (SSSR count). The number of halogens is 3. The molecule has 8 nitrogen and oxygen atoms in total. The molecule has 0 saturated heterocycles. The first-order valence-electron chi connectivity index (χ1n) is 9.98. The van der Waals surface area contributed by atoms with Crippen molar-refractivity contribution >= 4 is 17.6 Å². The fourth-order valence-corrected chi connectivity index (χ4v) is 3.50. The molecule has 2 aromatic carbocycles. The summed E-state index contributed by atoms with van der Waals surface area (Å²) in [6.45, 7) is 0.791. The first-order valence-corrected chi connectivity index (χ1v) is 9.98. The number of carboxylic acids is 1. The van der Waals surface area contributed by atoms with Crippen molar-refractivity contribution in [3.63, 3.8) is 0 Å². The number of hydrogen-bond donors (Lipinski definition) is 4. The van der Waals surface area contributed by atoms with E-state index in [4.69, 9.17) is 26.1 Å². The number of rotatable bonds is 3. The summed E-state index contributed by atoms with van der Waals surface area (Å²) in [5.74, 6) is -1.34. The largest absolute Gasteiger partial charge is 0.490 e. The van der Waals surface area contributed by atoms with Crippen molar-refractivity contribution in [2.24, 2.45) is 16.5 Å². The molecule has 0 amide bonds. The monoisotopic (exact) mass is 474 g/mol. The zero-order valence-corrected chi connectivity index (χ0v) is 17.7. The van der Waals surface area contributed by atoms with E-state index in [1.165, 1.54) is 6.20 Å². The molecule has 1 unspecified atom stereocenters. The highest BCUT2D eigenvalue weighted by atomic mass is 19.4. The lowest BCUT2D eigenvalue weighted by Gasteiger charge is -2.31. The van der Waals surface area contributed by atoms with Crippen molar-refractivity contribution in [1.29, 1.82) is 0 Å². The second-order valence-electron chi connectivity index (χ2n) is 7.23. The van der Waals surface area contributed by atoms with E-state index in [2.05, 4.69) is 10.3 Å². The average Bonchev–Trinajstić information content (AvgIpc) is 2.79. The van der Waals surface area contributed by atoms with Crippen LogP contribution in [0.15, 0.2) is 82.6 Å². The zero-order valence-electron chi connectivity index (χ0n) is 17.7. The van der Waals surface area contributed by atoms with Crippen LogP contribution in [0.5, 0.6) is 11.5 Å². The Bertz CT molecular complexity index is 1170. The number of carbonyl (C=O) groups excluding carboxylic acids is 1. The van der Waals surface area contributed by atoms with Crippen LogP contribution < -0.4 is 21.5 Å². The van der Waals surface area contributed by atoms with Gasteiger partial charge < -0.3 is 26.6 Å². The summed E-state index contributed by atoms with van der Waals surface area (Å²) in [5.41, 5.74) is 14.8. The lowest BCUT2D eigenvalue weighted by molar-refractivity contribution is -0.192. The number of nitrogens with two attached hydrogens (primary N) is 2. The van der Waals surface area contributed by atoms with E-state index in [1.54, 1.807) is 0 Å². The lowest BCUT2D eigenvalue weighted by Crippen LogP contribution is -2.39. The molecular formula is C23H21F3N4O4. The number of aliphatic carboxylic acids is 1. The van der Waals surface area contributed by atoms with E-state index in [0.717, 1.165) is 11.3 Å². The van der Waals surface area contributed by atoms with Gasteiger partial charge in [0, 0.05) is 29.8 Å². The van der Waals surface area contributed by atoms with E-state index >= 15 is 0 Å². The molecular weight excluding hydrogens is 453 g/mol. The summed E-state index contributed by atoms with van der Waals surface area (Å²) < 4.78 is 37.7. The van der Waals surface area contributed by atoms with Crippen LogP contribution in [0.4, 0.5) is 13.2 Å². The minimum Gasteiger partial charge on any atom is -0.475 e. The fourth-order valence-electron chi connectivity index (χ4n) is 3.50. The molecule has 2 heterocycles. The van der Waals surface area contributed by atoms with Crippen molar-refractivity contribution in [2.45, 2.75) is 12.1 Å². The Labute approximate surface area is 192 Å². The normalized spacial score (nSPS) is 19.0. The number of alkyl halides is 3. The Morgan fingerprint density at radius 2 is 1.76 bits per heavy atom. The van der Waals surface area contributed by atoms with Crippen LogP contribution in [0, 0.1) is 0 Å². The smallest absolute Gasteiger partial charge is 0.475 e. The second kappa shape index (κ2) is 10.2. The van der Waals surface area contributed by atoms with Gasteiger partial charge in [0.15, 0.2) is 5.78 Å². The van der Waals surface area contributed by atoms with Gasteiger partial charge in [-0.1, -0.05) is 30.3 Å². The van der Waals surface area contributed by atoms with Crippen LogP contribution in [-0.4, -0.2) is 42.0 Å². The van der Waals surface area contributed by atoms with Gasteiger partial charge in [0.05, 0.1) is 12.2 Å². The van der Waals surface area contributed by atoms with E-state index in [9.17, 15) is 18.0 Å². The quantitative estimate of drug-likeness (QED) is 0.536. The first-order chi connectivity index (χ1) is 16.1. The van der Waals surface area contributed by atoms with E-state index in [0.29, 0.717) is 35.0 Å². The van der Waals surface area contributed by atoms with Crippen LogP contribution >= 0.6 is 0 Å². The lowest BCUT2D eigenvalue weighted by atomic mass is 9.78. The van der Waals surface area contributed by atoms with Gasteiger partial charge in [-0.15, -0.1) is 0 Å². The molecule has 0 radical (unpaired) electrons. The standard InChI is InChI=1S/C21H20N4O2.C2HF3O2/c22-10-16-19(20-17(25-21(16)23)11-24-12-18(20)26)13-5-4-8-15(9-13)27-14-6-2-1-3-7-14;3-2(4,5)1(6)7/h1-10,19,24H,11-12,22H2,(H2,23,25);(H,6,7)/b16-10-;. The number of aliphatic imine (C=N–C) groups is 1. The molecule has 2 aliphatic heterocycles. The highest BCUT2D eigenvalue weighted by molar-refractivity contribution is 6.08. The predicted molar refractivity (Wildman–Crippen MR) is 118 cm³/mol. The molecule has 0 aromatic heterocycles. The highest BCUT2D eigenvalue weighted by Crippen LogP contribution is 2.39. The number of carboxylic acid groups (broad SMARTS) is 1. The maximum absolute atomic E-state index is 12.6. The van der Waals surface area contributed by atoms with Gasteiger partial charge in [0.25, 0.3) is 0 Å². The average molecular weight is 474 g/mol. The van der Waals surface area contributed by atoms with Gasteiger partial charge in [-0.25, -0.2) is 9.79 Å². The van der Waals surface area contributed by atoms with Gasteiger partial charge >= 0.3 is 12.1 Å². The number of carbonyl (C=O) groups is 2. The summed E-state index contributed by atoms with van der Waals surface area (Å²) in [6.07, 6.45) is -3.65. The summed E-state index contributed by atoms with van der Waals surface area (Å²) in [5, 5.41) is 10.2. The number of nitrogens with one attached hydrogen (secondary N) is 1. The summed E-state index contributed by atoms with van der Waals surface area (Å²) in [7, 11) is 0. The number of ketones is 1. The molecule has 2 aromatic rings. The van der Waals surface area contributed by atoms with Crippen molar-refractivity contribution in [2.75, 3.05) is 13.1 Å². The van der Waals surface area contributed by atoms with Gasteiger partial charge in [0.2, 0.25) is 0 Å². The van der Waals surface area contributed by atoms with Crippen LogP contribution in [0.25, 0.3) is 0 Å². The third kappa shape index (κ3) is 5.62. The molecule has 0 bridgehead atoms. The molecule has 34 heavy (non-hydrogen) atoms. The zero-order chi connectivity index (χ0) is 24.9. The molecule has 2 aliphatic rings. The SMILES string of the molecule is N/C=C1\C(N)=NC2=C(C(=O)CNC2)C1c1cccc(Oc2ccccc2)c1.O=C(O)C(F)(F)F. The fraction of sp³-hybridized carbons (Fsp3) is 0.174. The van der Waals surface area contributed by atoms with Crippen molar-refractivity contribution in [3.8, 4) is 11.5 Å². The van der Waals surface area contributed by atoms with Crippen LogP contribution in [0.2, 0.25) is 0 Å². The van der Waals surface area contributed by atoms with Crippen molar-refractivity contribution in [3.05, 3.63) is 83.2 Å². The van der Waals surface area contributed by atoms with Crippen LogP contribution in [-0.2, 0) is 9.59 Å². The Kier molecular flexibility index (Phi) is 7.37. The molecule has 0 aliphatic carbocycles. The second-order valence-corrected chi connectivity index (χ2v) is 7.23. The Morgan fingerprint density at radius 1 is 1.12 bits per heavy atom. The molecule has 178 valence electrons. The Balaban J connectivity index is 0.000000406. The molecule has 11 heteroatoms. The predicted octanol–water partition coefficient (Wildman–Crippen LogP) is 2.84. The number of benzene rings is 2. The van der Waals surface area contributed by atoms with Crippen LogP contribution in [0.3, 0.4) is 0 Å². The summed E-state index contributed by atoms with van der Waals surface area (Å²) >= 11 is 0. The third-order valence-corrected chi connectivity index (χ3v) is 4.93. The number of amidine groups is 1. The maximum Gasteiger partial charge on any atom is 0.490 e. The Morgan fingerprint density at radius 3 is 2.38 bits per heavy atom. The molecule has 0 fully saturated rings. The summed E-state index contributed by atoms with van der Waals surface area (Å²) in [6, 6.07) is 17.2. The van der Waals surface area contributed by atoms with Crippen molar-refractivity contribution < 1.29 is 32.6 Å². The number of hydrogen-bond acceptors (Lipinski definition) is 7. The minimum atomic E-state index is -5.08. The number of para-hydroxylation sites is 1.